The second kappa shape index (κ2) is 7.05. The number of ether oxygens (including phenoxy) is 1. The predicted molar refractivity (Wildman–Crippen MR) is 88.4 cm³/mol. The standard InChI is InChI=1S/C16H27BN2O4/c1-6-21-14(20)9-7-8-10-19-12-13(11-18-19)17-22-15(2,3)16(4,5)23-17/h11-12H,6-10H2,1-5H3. The van der Waals surface area contributed by atoms with Gasteiger partial charge in [0, 0.05) is 30.8 Å². The number of nitrogens with zero attached hydrogens (tertiary/aromatic N) is 2. The fourth-order valence-electron chi connectivity index (χ4n) is 2.38. The van der Waals surface area contributed by atoms with Gasteiger partial charge in [0.15, 0.2) is 0 Å². The summed E-state index contributed by atoms with van der Waals surface area (Å²) in [5.74, 6) is -0.133. The maximum Gasteiger partial charge on any atom is 0.498 e. The van der Waals surface area contributed by atoms with Gasteiger partial charge in [-0.05, 0) is 47.5 Å². The summed E-state index contributed by atoms with van der Waals surface area (Å²) in [7, 11) is -0.381. The highest BCUT2D eigenvalue weighted by Gasteiger charge is 2.52. The first-order valence-corrected chi connectivity index (χ1v) is 8.29. The van der Waals surface area contributed by atoms with E-state index in [-0.39, 0.29) is 24.3 Å². The van der Waals surface area contributed by atoms with E-state index in [1.807, 2.05) is 45.5 Å². The first-order valence-electron chi connectivity index (χ1n) is 8.29. The van der Waals surface area contributed by atoms with Gasteiger partial charge in [0.2, 0.25) is 0 Å². The second-order valence-corrected chi connectivity index (χ2v) is 6.89. The summed E-state index contributed by atoms with van der Waals surface area (Å²) in [6.07, 6.45) is 5.87. The molecule has 0 atom stereocenters. The first kappa shape index (κ1) is 18.0. The molecule has 6 nitrogen and oxygen atoms in total. The zero-order valence-electron chi connectivity index (χ0n) is 14.8. The van der Waals surface area contributed by atoms with E-state index in [0.717, 1.165) is 24.8 Å². The second-order valence-electron chi connectivity index (χ2n) is 6.89. The molecular weight excluding hydrogens is 295 g/mol. The third-order valence-electron chi connectivity index (χ3n) is 4.50. The van der Waals surface area contributed by atoms with Crippen molar-refractivity contribution in [2.24, 2.45) is 0 Å². The monoisotopic (exact) mass is 322 g/mol. The average Bonchev–Trinajstić information content (AvgIpc) is 2.98. The molecule has 23 heavy (non-hydrogen) atoms. The molecule has 1 aliphatic heterocycles. The normalized spacial score (nSPS) is 19.1. The number of carbonyl (C=O) groups excluding carboxylic acids is 1. The number of unbranched alkanes of at least 4 members (excludes halogenated alkanes) is 1. The molecule has 0 unspecified atom stereocenters. The first-order chi connectivity index (χ1) is 10.7. The lowest BCUT2D eigenvalue weighted by atomic mass is 9.82. The van der Waals surface area contributed by atoms with Gasteiger partial charge in [-0.15, -0.1) is 0 Å². The number of hydrogen-bond donors (Lipinski definition) is 0. The zero-order chi connectivity index (χ0) is 17.1. The molecular formula is C16H27BN2O4. The molecule has 0 aliphatic carbocycles. The summed E-state index contributed by atoms with van der Waals surface area (Å²) in [5, 5.41) is 4.35. The van der Waals surface area contributed by atoms with Crippen LogP contribution >= 0.6 is 0 Å². The molecule has 2 heterocycles. The lowest BCUT2D eigenvalue weighted by molar-refractivity contribution is -0.143. The maximum absolute atomic E-state index is 11.3. The highest BCUT2D eigenvalue weighted by atomic mass is 16.7. The Bertz CT molecular complexity index is 526. The Morgan fingerprint density at radius 1 is 1.26 bits per heavy atom. The van der Waals surface area contributed by atoms with Crippen LogP contribution in [-0.4, -0.2) is 40.7 Å². The molecule has 1 fully saturated rings. The van der Waals surface area contributed by atoms with E-state index in [1.54, 1.807) is 6.20 Å². The zero-order valence-corrected chi connectivity index (χ0v) is 14.8. The fourth-order valence-corrected chi connectivity index (χ4v) is 2.38. The molecule has 0 spiro atoms. The van der Waals surface area contributed by atoms with Gasteiger partial charge in [-0.2, -0.15) is 5.10 Å². The number of carbonyl (C=O) groups is 1. The van der Waals surface area contributed by atoms with Gasteiger partial charge in [-0.1, -0.05) is 0 Å². The lowest BCUT2D eigenvalue weighted by Gasteiger charge is -2.32. The minimum Gasteiger partial charge on any atom is -0.466 e. The molecule has 128 valence electrons. The van der Waals surface area contributed by atoms with Gasteiger partial charge >= 0.3 is 13.1 Å². The Kier molecular flexibility index (Phi) is 5.52. The van der Waals surface area contributed by atoms with Crippen LogP contribution in [0.15, 0.2) is 12.4 Å². The third kappa shape index (κ3) is 4.35. The van der Waals surface area contributed by atoms with Crippen LogP contribution < -0.4 is 5.46 Å². The van der Waals surface area contributed by atoms with Crippen LogP contribution in [0, 0.1) is 0 Å². The Hall–Kier alpha value is -1.34. The summed E-state index contributed by atoms with van der Waals surface area (Å²) in [6.45, 7) is 11.2. The van der Waals surface area contributed by atoms with E-state index in [0.29, 0.717) is 13.0 Å². The van der Waals surface area contributed by atoms with Gasteiger partial charge in [0.05, 0.1) is 17.8 Å². The van der Waals surface area contributed by atoms with Crippen LogP contribution in [0.4, 0.5) is 0 Å². The Morgan fingerprint density at radius 2 is 1.91 bits per heavy atom. The lowest BCUT2D eigenvalue weighted by Crippen LogP contribution is -2.41. The van der Waals surface area contributed by atoms with Crippen LogP contribution in [-0.2, 0) is 25.4 Å². The number of esters is 1. The molecule has 0 N–H and O–H groups in total. The van der Waals surface area contributed by atoms with E-state index < -0.39 is 0 Å². The van der Waals surface area contributed by atoms with Crippen molar-refractivity contribution in [3.63, 3.8) is 0 Å². The van der Waals surface area contributed by atoms with Crippen molar-refractivity contribution in [2.45, 2.75) is 71.6 Å². The van der Waals surface area contributed by atoms with Crippen LogP contribution in [0.25, 0.3) is 0 Å². The van der Waals surface area contributed by atoms with Crippen LogP contribution in [0.2, 0.25) is 0 Å². The Morgan fingerprint density at radius 3 is 2.52 bits per heavy atom. The van der Waals surface area contributed by atoms with E-state index >= 15 is 0 Å². The summed E-state index contributed by atoms with van der Waals surface area (Å²) in [4.78, 5) is 11.3. The van der Waals surface area contributed by atoms with Crippen LogP contribution in [0.3, 0.4) is 0 Å². The third-order valence-corrected chi connectivity index (χ3v) is 4.50. The van der Waals surface area contributed by atoms with E-state index in [9.17, 15) is 4.79 Å². The van der Waals surface area contributed by atoms with Gasteiger partial charge in [-0.25, -0.2) is 0 Å². The Balaban J connectivity index is 1.82. The summed E-state index contributed by atoms with van der Waals surface area (Å²) >= 11 is 0. The summed E-state index contributed by atoms with van der Waals surface area (Å²) in [6, 6.07) is 0. The topological polar surface area (TPSA) is 62.6 Å². The number of aromatic nitrogens is 2. The minimum absolute atomic E-state index is 0.133. The maximum atomic E-state index is 11.3. The van der Waals surface area contributed by atoms with Crippen LogP contribution in [0.5, 0.6) is 0 Å². The molecule has 1 aromatic rings. The van der Waals surface area contributed by atoms with Gasteiger partial charge in [0.25, 0.3) is 0 Å². The van der Waals surface area contributed by atoms with E-state index in [2.05, 4.69) is 5.10 Å². The molecule has 0 aromatic carbocycles. The predicted octanol–water partition coefficient (Wildman–Crippen LogP) is 1.92. The highest BCUT2D eigenvalue weighted by Crippen LogP contribution is 2.36. The highest BCUT2D eigenvalue weighted by molar-refractivity contribution is 6.61. The van der Waals surface area contributed by atoms with Crippen molar-refractivity contribution in [1.29, 1.82) is 0 Å². The smallest absolute Gasteiger partial charge is 0.466 e. The molecule has 0 amide bonds. The molecule has 7 heteroatoms. The molecule has 2 rings (SSSR count). The van der Waals surface area contributed by atoms with Crippen molar-refractivity contribution in [2.75, 3.05) is 6.61 Å². The van der Waals surface area contributed by atoms with Crippen molar-refractivity contribution in [3.05, 3.63) is 12.4 Å². The van der Waals surface area contributed by atoms with Gasteiger partial charge in [-0.3, -0.25) is 9.48 Å². The van der Waals surface area contributed by atoms with Crippen molar-refractivity contribution >= 4 is 18.6 Å². The molecule has 0 bridgehead atoms. The number of hydrogen-bond acceptors (Lipinski definition) is 5. The Labute approximate surface area is 138 Å². The van der Waals surface area contributed by atoms with Gasteiger partial charge in [0.1, 0.15) is 0 Å². The largest absolute Gasteiger partial charge is 0.498 e. The molecule has 0 radical (unpaired) electrons. The summed E-state index contributed by atoms with van der Waals surface area (Å²) < 4.78 is 18.8. The van der Waals surface area contributed by atoms with Crippen molar-refractivity contribution in [3.8, 4) is 0 Å². The molecule has 0 saturated carbocycles. The molecule has 1 aliphatic rings. The number of rotatable bonds is 7. The number of aryl methyl sites for hydroxylation is 1. The van der Waals surface area contributed by atoms with Gasteiger partial charge < -0.3 is 14.0 Å². The fraction of sp³-hybridized carbons (Fsp3) is 0.750. The average molecular weight is 322 g/mol. The van der Waals surface area contributed by atoms with E-state index in [1.165, 1.54) is 0 Å². The van der Waals surface area contributed by atoms with Crippen molar-refractivity contribution in [1.82, 2.24) is 9.78 Å². The van der Waals surface area contributed by atoms with E-state index in [4.69, 9.17) is 14.0 Å². The SMILES string of the molecule is CCOC(=O)CCCCn1cc(B2OC(C)(C)C(C)(C)O2)cn1. The van der Waals surface area contributed by atoms with Crippen LogP contribution in [0.1, 0.15) is 53.9 Å². The minimum atomic E-state index is -0.381. The summed E-state index contributed by atoms with van der Waals surface area (Å²) in [5.41, 5.74) is 0.229. The molecule has 1 aromatic heterocycles. The molecule has 1 saturated heterocycles. The quantitative estimate of drug-likeness (QED) is 0.436. The van der Waals surface area contributed by atoms with Crippen molar-refractivity contribution < 1.29 is 18.8 Å².